The predicted octanol–water partition coefficient (Wildman–Crippen LogP) is 6.61. The predicted molar refractivity (Wildman–Crippen MR) is 143 cm³/mol. The van der Waals surface area contributed by atoms with Crippen molar-refractivity contribution in [2.45, 2.75) is 29.0 Å². The van der Waals surface area contributed by atoms with Crippen molar-refractivity contribution >= 4 is 58.0 Å². The zero-order chi connectivity index (χ0) is 24.4. The van der Waals surface area contributed by atoms with E-state index < -0.39 is 0 Å². The van der Waals surface area contributed by atoms with Gasteiger partial charge < -0.3 is 20.0 Å². The Morgan fingerprint density at radius 3 is 2.54 bits per heavy atom. The number of nitrogens with one attached hydrogen (secondary N) is 2. The van der Waals surface area contributed by atoms with Gasteiger partial charge in [0.2, 0.25) is 5.91 Å². The van der Waals surface area contributed by atoms with Crippen LogP contribution in [0.5, 0.6) is 0 Å². The SMILES string of the molecule is CC(=O)Nc1ccc(N2C(=S)NC(c3ccccn3)C2c2ccc(Sc3ccc(Cl)cc3)o2)cc1. The van der Waals surface area contributed by atoms with E-state index >= 15 is 0 Å². The van der Waals surface area contributed by atoms with Crippen molar-refractivity contribution in [2.75, 3.05) is 10.2 Å². The molecule has 0 bridgehead atoms. The highest BCUT2D eigenvalue weighted by Gasteiger charge is 2.42. The lowest BCUT2D eigenvalue weighted by Crippen LogP contribution is -2.29. The molecular weight excluding hydrogens is 500 g/mol. The number of rotatable bonds is 6. The summed E-state index contributed by atoms with van der Waals surface area (Å²) in [5.41, 5.74) is 2.46. The second kappa shape index (κ2) is 10.1. The molecule has 35 heavy (non-hydrogen) atoms. The van der Waals surface area contributed by atoms with Gasteiger partial charge in [-0.3, -0.25) is 9.78 Å². The number of halogens is 1. The van der Waals surface area contributed by atoms with Crippen LogP contribution in [-0.4, -0.2) is 16.0 Å². The van der Waals surface area contributed by atoms with Crippen molar-refractivity contribution in [3.63, 3.8) is 0 Å². The molecule has 6 nitrogen and oxygen atoms in total. The molecule has 176 valence electrons. The van der Waals surface area contributed by atoms with Crippen molar-refractivity contribution < 1.29 is 9.21 Å². The van der Waals surface area contributed by atoms with Crippen LogP contribution in [0, 0.1) is 0 Å². The Labute approximate surface area is 217 Å². The number of carbonyl (C=O) groups excluding carboxylic acids is 1. The lowest BCUT2D eigenvalue weighted by Gasteiger charge is -2.26. The van der Waals surface area contributed by atoms with Crippen molar-refractivity contribution in [2.24, 2.45) is 0 Å². The fraction of sp³-hybridized carbons (Fsp3) is 0.115. The number of nitrogens with zero attached hydrogens (tertiary/aromatic N) is 2. The van der Waals surface area contributed by atoms with Crippen molar-refractivity contribution in [3.05, 3.63) is 102 Å². The molecule has 0 saturated carbocycles. The average Bonchev–Trinajstić information content (AvgIpc) is 3.45. The normalized spacial score (nSPS) is 17.3. The molecule has 1 amide bonds. The van der Waals surface area contributed by atoms with Gasteiger partial charge in [0.1, 0.15) is 11.8 Å². The summed E-state index contributed by atoms with van der Waals surface area (Å²) >= 11 is 13.3. The summed E-state index contributed by atoms with van der Waals surface area (Å²) in [5, 5.41) is 8.25. The Morgan fingerprint density at radius 2 is 1.86 bits per heavy atom. The van der Waals surface area contributed by atoms with E-state index in [0.29, 0.717) is 10.1 Å². The Bertz CT molecular complexity index is 1340. The summed E-state index contributed by atoms with van der Waals surface area (Å²) in [6.07, 6.45) is 1.77. The van der Waals surface area contributed by atoms with Crippen molar-refractivity contribution in [1.82, 2.24) is 10.3 Å². The number of amides is 1. The second-order valence-corrected chi connectivity index (χ2v) is 9.84. The van der Waals surface area contributed by atoms with E-state index in [2.05, 4.69) is 15.6 Å². The number of anilines is 2. The molecule has 1 saturated heterocycles. The quantitative estimate of drug-likeness (QED) is 0.277. The van der Waals surface area contributed by atoms with Crippen LogP contribution in [0.15, 0.2) is 99.5 Å². The highest BCUT2D eigenvalue weighted by molar-refractivity contribution is 7.99. The van der Waals surface area contributed by atoms with Crippen LogP contribution in [-0.2, 0) is 4.79 Å². The molecular formula is C26H21ClN4O2S2. The highest BCUT2D eigenvalue weighted by atomic mass is 35.5. The summed E-state index contributed by atoms with van der Waals surface area (Å²) in [5.74, 6) is 0.640. The number of aromatic nitrogens is 1. The molecule has 4 aromatic rings. The standard InChI is InChI=1S/C26H21ClN4O2S2/c1-16(32)29-18-7-9-19(10-8-18)31-25(24(30-26(31)34)21-4-2-3-15-28-21)22-13-14-23(33-22)35-20-11-5-17(27)6-12-20/h2-15,24-25H,1H3,(H,29,32)(H,30,34). The first-order chi connectivity index (χ1) is 17.0. The zero-order valence-electron chi connectivity index (χ0n) is 18.6. The van der Waals surface area contributed by atoms with Gasteiger partial charge in [0.25, 0.3) is 0 Å². The molecule has 1 fully saturated rings. The maximum absolute atomic E-state index is 11.4. The lowest BCUT2D eigenvalue weighted by atomic mass is 10.0. The first-order valence-corrected chi connectivity index (χ1v) is 12.5. The molecule has 1 aliphatic rings. The van der Waals surface area contributed by atoms with Gasteiger partial charge in [0.15, 0.2) is 10.2 Å². The van der Waals surface area contributed by atoms with Gasteiger partial charge in [-0.1, -0.05) is 29.4 Å². The van der Waals surface area contributed by atoms with E-state index in [1.54, 1.807) is 6.20 Å². The molecule has 2 N–H and O–H groups in total. The number of hydrogen-bond donors (Lipinski definition) is 2. The first kappa shape index (κ1) is 23.4. The molecule has 2 aromatic carbocycles. The van der Waals surface area contributed by atoms with Gasteiger partial charge in [-0.05, 0) is 85.0 Å². The molecule has 0 spiro atoms. The Kier molecular flexibility index (Phi) is 6.77. The van der Waals surface area contributed by atoms with E-state index in [4.69, 9.17) is 28.2 Å². The summed E-state index contributed by atoms with van der Waals surface area (Å²) in [6.45, 7) is 1.48. The fourth-order valence-electron chi connectivity index (χ4n) is 4.00. The lowest BCUT2D eigenvalue weighted by molar-refractivity contribution is -0.114. The fourth-order valence-corrected chi connectivity index (χ4v) is 5.25. The minimum atomic E-state index is -0.261. The second-order valence-electron chi connectivity index (χ2n) is 7.94. The van der Waals surface area contributed by atoms with Crippen LogP contribution in [0.4, 0.5) is 11.4 Å². The van der Waals surface area contributed by atoms with E-state index in [9.17, 15) is 4.79 Å². The number of benzene rings is 2. The van der Waals surface area contributed by atoms with Gasteiger partial charge >= 0.3 is 0 Å². The van der Waals surface area contributed by atoms with Crippen molar-refractivity contribution in [3.8, 4) is 0 Å². The largest absolute Gasteiger partial charge is 0.452 e. The Balaban J connectivity index is 1.49. The molecule has 5 rings (SSSR count). The smallest absolute Gasteiger partial charge is 0.221 e. The number of pyridine rings is 1. The minimum Gasteiger partial charge on any atom is -0.452 e. The van der Waals surface area contributed by atoms with E-state index in [1.807, 2.05) is 83.8 Å². The maximum Gasteiger partial charge on any atom is 0.221 e. The van der Waals surface area contributed by atoms with Crippen molar-refractivity contribution in [1.29, 1.82) is 0 Å². The van der Waals surface area contributed by atoms with Crippen LogP contribution in [0.25, 0.3) is 0 Å². The molecule has 3 heterocycles. The number of furan rings is 1. The molecule has 2 unspecified atom stereocenters. The monoisotopic (exact) mass is 520 g/mol. The van der Waals surface area contributed by atoms with E-state index in [1.165, 1.54) is 18.7 Å². The number of carbonyl (C=O) groups is 1. The Hall–Kier alpha value is -3.33. The Morgan fingerprint density at radius 1 is 1.09 bits per heavy atom. The third-order valence-electron chi connectivity index (χ3n) is 5.49. The molecule has 2 aromatic heterocycles. The molecule has 0 radical (unpaired) electrons. The molecule has 0 aliphatic carbocycles. The van der Waals surface area contributed by atoms with Crippen LogP contribution >= 0.6 is 35.6 Å². The zero-order valence-corrected chi connectivity index (χ0v) is 21.0. The van der Waals surface area contributed by atoms with E-state index in [0.717, 1.165) is 32.8 Å². The molecule has 9 heteroatoms. The summed E-state index contributed by atoms with van der Waals surface area (Å²) in [7, 11) is 0. The van der Waals surface area contributed by atoms with Gasteiger partial charge in [-0.2, -0.15) is 0 Å². The van der Waals surface area contributed by atoms with Gasteiger partial charge in [-0.25, -0.2) is 0 Å². The number of thiocarbonyl (C=S) groups is 1. The maximum atomic E-state index is 11.4. The van der Waals surface area contributed by atoms with E-state index in [-0.39, 0.29) is 18.0 Å². The van der Waals surface area contributed by atoms with Crippen LogP contribution < -0.4 is 15.5 Å². The minimum absolute atomic E-state index is 0.120. The van der Waals surface area contributed by atoms with Gasteiger partial charge in [0.05, 0.1) is 11.7 Å². The summed E-state index contributed by atoms with van der Waals surface area (Å²) in [6, 6.07) is 24.5. The molecule has 1 aliphatic heterocycles. The topological polar surface area (TPSA) is 70.4 Å². The van der Waals surface area contributed by atoms with Crippen LogP contribution in [0.1, 0.15) is 30.5 Å². The third kappa shape index (κ3) is 5.19. The van der Waals surface area contributed by atoms with Crippen LogP contribution in [0.2, 0.25) is 5.02 Å². The number of hydrogen-bond acceptors (Lipinski definition) is 5. The summed E-state index contributed by atoms with van der Waals surface area (Å²) in [4.78, 5) is 19.0. The third-order valence-corrected chi connectivity index (χ3v) is 6.98. The van der Waals surface area contributed by atoms with Crippen LogP contribution in [0.3, 0.4) is 0 Å². The summed E-state index contributed by atoms with van der Waals surface area (Å²) < 4.78 is 6.33. The highest BCUT2D eigenvalue weighted by Crippen LogP contribution is 2.43. The van der Waals surface area contributed by atoms with Gasteiger partial charge in [-0.15, -0.1) is 0 Å². The average molecular weight is 521 g/mol. The molecule has 2 atom stereocenters. The first-order valence-electron chi connectivity index (χ1n) is 10.9. The van der Waals surface area contributed by atoms with Gasteiger partial charge in [0, 0.05) is 34.4 Å².